The van der Waals surface area contributed by atoms with E-state index in [9.17, 15) is 13.2 Å². The zero-order valence-electron chi connectivity index (χ0n) is 16.9. The van der Waals surface area contributed by atoms with Gasteiger partial charge in [-0.05, 0) is 64.0 Å². The SMILES string of the molecule is CCN1CCC[C@H]1CNC(=O)c1ccc(S(=O)(=O)N2C[C@@H](C)O[C@@H](C)C2)cc1. The third-order valence-electron chi connectivity index (χ3n) is 5.54. The Bertz CT molecular complexity index is 771. The molecule has 8 heteroatoms. The lowest BCUT2D eigenvalue weighted by atomic mass is 10.2. The second-order valence-corrected chi connectivity index (χ2v) is 9.68. The molecule has 2 heterocycles. The topological polar surface area (TPSA) is 79.0 Å². The van der Waals surface area contributed by atoms with Crippen molar-refractivity contribution in [3.05, 3.63) is 29.8 Å². The van der Waals surface area contributed by atoms with E-state index >= 15 is 0 Å². The molecule has 7 nitrogen and oxygen atoms in total. The number of sulfonamides is 1. The van der Waals surface area contributed by atoms with Crippen LogP contribution < -0.4 is 5.32 Å². The molecule has 156 valence electrons. The molecule has 0 saturated carbocycles. The molecule has 1 aromatic rings. The fourth-order valence-electron chi connectivity index (χ4n) is 4.11. The summed E-state index contributed by atoms with van der Waals surface area (Å²) in [6.07, 6.45) is 1.99. The molecule has 0 bridgehead atoms. The lowest BCUT2D eigenvalue weighted by Gasteiger charge is -2.34. The molecule has 2 fully saturated rings. The van der Waals surface area contributed by atoms with Gasteiger partial charge in [0.2, 0.25) is 10.0 Å². The fourth-order valence-corrected chi connectivity index (χ4v) is 5.70. The van der Waals surface area contributed by atoms with E-state index in [0.717, 1.165) is 19.5 Å². The summed E-state index contributed by atoms with van der Waals surface area (Å²) in [5.41, 5.74) is 0.476. The van der Waals surface area contributed by atoms with Gasteiger partial charge in [0.05, 0.1) is 17.1 Å². The Morgan fingerprint density at radius 1 is 1.18 bits per heavy atom. The first kappa shape index (κ1) is 21.2. The van der Waals surface area contributed by atoms with Crippen molar-refractivity contribution in [3.8, 4) is 0 Å². The number of rotatable bonds is 6. The number of carbonyl (C=O) groups excluding carboxylic acids is 1. The van der Waals surface area contributed by atoms with Gasteiger partial charge < -0.3 is 10.1 Å². The maximum absolute atomic E-state index is 12.9. The monoisotopic (exact) mass is 409 g/mol. The number of likely N-dealkylation sites (N-methyl/N-ethyl adjacent to an activating group) is 1. The predicted molar refractivity (Wildman–Crippen MR) is 108 cm³/mol. The normalized spacial score (nSPS) is 27.0. The lowest BCUT2D eigenvalue weighted by Crippen LogP contribution is -2.48. The zero-order valence-corrected chi connectivity index (χ0v) is 17.7. The van der Waals surface area contributed by atoms with Crippen LogP contribution in [0.25, 0.3) is 0 Å². The zero-order chi connectivity index (χ0) is 20.3. The van der Waals surface area contributed by atoms with Crippen LogP contribution in [-0.2, 0) is 14.8 Å². The number of likely N-dealkylation sites (tertiary alicyclic amines) is 1. The molecule has 3 atom stereocenters. The largest absolute Gasteiger partial charge is 0.373 e. The number of ether oxygens (including phenoxy) is 1. The summed E-state index contributed by atoms with van der Waals surface area (Å²) in [4.78, 5) is 15.0. The maximum atomic E-state index is 12.9. The van der Waals surface area contributed by atoms with E-state index in [1.807, 2.05) is 13.8 Å². The minimum atomic E-state index is -3.59. The van der Waals surface area contributed by atoms with Gasteiger partial charge in [0.15, 0.2) is 0 Å². The Morgan fingerprint density at radius 3 is 2.43 bits per heavy atom. The minimum Gasteiger partial charge on any atom is -0.373 e. The van der Waals surface area contributed by atoms with Gasteiger partial charge in [-0.15, -0.1) is 0 Å². The molecule has 3 rings (SSSR count). The van der Waals surface area contributed by atoms with Crippen LogP contribution >= 0.6 is 0 Å². The van der Waals surface area contributed by atoms with Crippen molar-refractivity contribution in [2.45, 2.75) is 56.8 Å². The molecule has 2 aliphatic heterocycles. The van der Waals surface area contributed by atoms with Crippen LogP contribution in [0.3, 0.4) is 0 Å². The van der Waals surface area contributed by atoms with Crippen LogP contribution in [0.2, 0.25) is 0 Å². The minimum absolute atomic E-state index is 0.137. The van der Waals surface area contributed by atoms with E-state index < -0.39 is 10.0 Å². The van der Waals surface area contributed by atoms with E-state index in [0.29, 0.717) is 31.2 Å². The first-order valence-electron chi connectivity index (χ1n) is 10.1. The Kier molecular flexibility index (Phi) is 6.75. The smallest absolute Gasteiger partial charge is 0.251 e. The van der Waals surface area contributed by atoms with E-state index in [-0.39, 0.29) is 23.0 Å². The summed E-state index contributed by atoms with van der Waals surface area (Å²) in [6, 6.07) is 6.59. The average Bonchev–Trinajstić information content (AvgIpc) is 3.13. The van der Waals surface area contributed by atoms with Crippen LogP contribution in [0.15, 0.2) is 29.2 Å². The summed E-state index contributed by atoms with van der Waals surface area (Å²) in [6.45, 7) is 9.25. The highest BCUT2D eigenvalue weighted by Gasteiger charge is 2.32. The molecular formula is C20H31N3O4S. The Hall–Kier alpha value is -1.48. The van der Waals surface area contributed by atoms with Crippen LogP contribution in [0.4, 0.5) is 0 Å². The molecule has 1 amide bonds. The first-order valence-corrected chi connectivity index (χ1v) is 11.5. The molecule has 0 aliphatic carbocycles. The number of carbonyl (C=O) groups is 1. The van der Waals surface area contributed by atoms with E-state index in [2.05, 4.69) is 17.1 Å². The third-order valence-corrected chi connectivity index (χ3v) is 7.39. The van der Waals surface area contributed by atoms with Crippen LogP contribution in [0.1, 0.15) is 44.0 Å². The van der Waals surface area contributed by atoms with Crippen LogP contribution in [0, 0.1) is 0 Å². The number of hydrogen-bond acceptors (Lipinski definition) is 5. The molecule has 1 N–H and O–H groups in total. The summed E-state index contributed by atoms with van der Waals surface area (Å²) in [7, 11) is -3.59. The number of benzene rings is 1. The fraction of sp³-hybridized carbons (Fsp3) is 0.650. The summed E-state index contributed by atoms with van der Waals surface area (Å²) < 4.78 is 32.9. The highest BCUT2D eigenvalue weighted by Crippen LogP contribution is 2.21. The van der Waals surface area contributed by atoms with Crippen molar-refractivity contribution < 1.29 is 17.9 Å². The van der Waals surface area contributed by atoms with Gasteiger partial charge >= 0.3 is 0 Å². The second-order valence-electron chi connectivity index (χ2n) is 7.74. The van der Waals surface area contributed by atoms with Crippen molar-refractivity contribution in [3.63, 3.8) is 0 Å². The molecule has 0 spiro atoms. The van der Waals surface area contributed by atoms with Gasteiger partial charge in [-0.1, -0.05) is 6.92 Å². The van der Waals surface area contributed by atoms with E-state index in [4.69, 9.17) is 4.74 Å². The van der Waals surface area contributed by atoms with Gasteiger partial charge in [0.25, 0.3) is 5.91 Å². The summed E-state index contributed by atoms with van der Waals surface area (Å²) in [5.74, 6) is -0.166. The van der Waals surface area contributed by atoms with Crippen molar-refractivity contribution in [2.75, 3.05) is 32.7 Å². The second kappa shape index (κ2) is 8.90. The molecule has 0 radical (unpaired) electrons. The van der Waals surface area contributed by atoms with E-state index in [1.54, 1.807) is 12.1 Å². The number of hydrogen-bond donors (Lipinski definition) is 1. The van der Waals surface area contributed by atoms with Crippen LogP contribution in [0.5, 0.6) is 0 Å². The Balaban J connectivity index is 1.63. The molecule has 0 aromatic heterocycles. The van der Waals surface area contributed by atoms with Gasteiger partial charge in [-0.3, -0.25) is 9.69 Å². The Labute approximate surface area is 168 Å². The molecule has 0 unspecified atom stereocenters. The Morgan fingerprint density at radius 2 is 1.82 bits per heavy atom. The van der Waals surface area contributed by atoms with Gasteiger partial charge in [-0.2, -0.15) is 4.31 Å². The molecule has 1 aromatic carbocycles. The molecule has 2 saturated heterocycles. The number of nitrogens with one attached hydrogen (secondary N) is 1. The van der Waals surface area contributed by atoms with E-state index in [1.165, 1.54) is 22.9 Å². The average molecular weight is 410 g/mol. The number of amides is 1. The van der Waals surface area contributed by atoms with Crippen molar-refractivity contribution in [2.24, 2.45) is 0 Å². The van der Waals surface area contributed by atoms with Crippen molar-refractivity contribution >= 4 is 15.9 Å². The standard InChI is InChI=1S/C20H31N3O4S/c1-4-22-11-5-6-18(22)12-21-20(24)17-7-9-19(10-8-17)28(25,26)23-13-15(2)27-16(3)14-23/h7-10,15-16,18H,4-6,11-14H2,1-3H3,(H,21,24)/t15-,16+,18-/m0/s1. The summed E-state index contributed by atoms with van der Waals surface area (Å²) >= 11 is 0. The maximum Gasteiger partial charge on any atom is 0.251 e. The lowest BCUT2D eigenvalue weighted by molar-refractivity contribution is -0.0440. The third kappa shape index (κ3) is 4.74. The predicted octanol–water partition coefficient (Wildman–Crippen LogP) is 1.70. The quantitative estimate of drug-likeness (QED) is 0.774. The van der Waals surface area contributed by atoms with Gasteiger partial charge in [-0.25, -0.2) is 8.42 Å². The van der Waals surface area contributed by atoms with Crippen molar-refractivity contribution in [1.29, 1.82) is 0 Å². The number of nitrogens with zero attached hydrogens (tertiary/aromatic N) is 2. The molecule has 2 aliphatic rings. The van der Waals surface area contributed by atoms with Crippen LogP contribution in [-0.4, -0.2) is 74.5 Å². The molecule has 28 heavy (non-hydrogen) atoms. The highest BCUT2D eigenvalue weighted by molar-refractivity contribution is 7.89. The van der Waals surface area contributed by atoms with Gasteiger partial charge in [0, 0.05) is 31.2 Å². The first-order chi connectivity index (χ1) is 13.3. The summed E-state index contributed by atoms with van der Waals surface area (Å²) in [5, 5.41) is 2.98. The molecular weight excluding hydrogens is 378 g/mol. The van der Waals surface area contributed by atoms with Gasteiger partial charge in [0.1, 0.15) is 0 Å². The van der Waals surface area contributed by atoms with Crippen molar-refractivity contribution in [1.82, 2.24) is 14.5 Å². The number of morpholine rings is 1. The highest BCUT2D eigenvalue weighted by atomic mass is 32.2.